The number of hydrogen-bond donors (Lipinski definition) is 2. The first kappa shape index (κ1) is 14.8. The van der Waals surface area contributed by atoms with Gasteiger partial charge in [0.15, 0.2) is 0 Å². The fourth-order valence-corrected chi connectivity index (χ4v) is 2.26. The molecule has 1 aromatic carbocycles. The Morgan fingerprint density at radius 3 is 2.55 bits per heavy atom. The molecule has 0 radical (unpaired) electrons. The molecule has 110 valence electrons. The minimum absolute atomic E-state index is 0.185. The first-order chi connectivity index (χ1) is 9.31. The van der Waals surface area contributed by atoms with Gasteiger partial charge in [-0.2, -0.15) is 13.2 Å². The molecule has 20 heavy (non-hydrogen) atoms. The van der Waals surface area contributed by atoms with Crippen LogP contribution >= 0.6 is 0 Å². The van der Waals surface area contributed by atoms with Crippen molar-refractivity contribution in [3.05, 3.63) is 29.8 Å². The van der Waals surface area contributed by atoms with E-state index in [4.69, 9.17) is 0 Å². The highest BCUT2D eigenvalue weighted by atomic mass is 19.4. The summed E-state index contributed by atoms with van der Waals surface area (Å²) in [5, 5.41) is 5.76. The molecule has 0 aromatic heterocycles. The van der Waals surface area contributed by atoms with Crippen molar-refractivity contribution in [1.82, 2.24) is 5.32 Å². The van der Waals surface area contributed by atoms with Gasteiger partial charge in [-0.1, -0.05) is 13.0 Å². The van der Waals surface area contributed by atoms with Crippen molar-refractivity contribution in [3.63, 3.8) is 0 Å². The second-order valence-corrected chi connectivity index (χ2v) is 5.34. The number of piperidine rings is 1. The third-order valence-corrected chi connectivity index (χ3v) is 3.70. The van der Waals surface area contributed by atoms with E-state index >= 15 is 0 Å². The minimum atomic E-state index is -4.40. The number of anilines is 1. The Morgan fingerprint density at radius 1 is 1.30 bits per heavy atom. The molecule has 0 unspecified atom stereocenters. The highest BCUT2D eigenvalue weighted by Crippen LogP contribution is 2.32. The number of alkyl halides is 3. The predicted octanol–water partition coefficient (Wildman–Crippen LogP) is 3.03. The van der Waals surface area contributed by atoms with Crippen LogP contribution in [0.4, 0.5) is 18.9 Å². The van der Waals surface area contributed by atoms with E-state index in [1.165, 1.54) is 12.1 Å². The fourth-order valence-electron chi connectivity index (χ4n) is 2.26. The van der Waals surface area contributed by atoms with Crippen molar-refractivity contribution >= 4 is 11.6 Å². The highest BCUT2D eigenvalue weighted by Gasteiger charge is 2.35. The predicted molar refractivity (Wildman–Crippen MR) is 70.3 cm³/mol. The van der Waals surface area contributed by atoms with E-state index in [0.717, 1.165) is 25.2 Å². The Morgan fingerprint density at radius 2 is 1.95 bits per heavy atom. The molecule has 0 atom stereocenters. The van der Waals surface area contributed by atoms with Gasteiger partial charge in [0.2, 0.25) is 5.91 Å². The van der Waals surface area contributed by atoms with Crippen LogP contribution in [-0.4, -0.2) is 19.0 Å². The van der Waals surface area contributed by atoms with Gasteiger partial charge in [0.05, 0.1) is 5.56 Å². The Bertz CT molecular complexity index is 493. The third-order valence-electron chi connectivity index (χ3n) is 3.70. The second kappa shape index (κ2) is 5.44. The molecular formula is C14H17F3N2O. The number of amides is 1. The van der Waals surface area contributed by atoms with Crippen molar-refractivity contribution in [2.75, 3.05) is 18.4 Å². The Kier molecular flexibility index (Phi) is 4.04. The molecule has 0 saturated carbocycles. The SMILES string of the molecule is CC1(C(=O)Nc2cccc(C(F)(F)F)c2)CCNCC1. The molecule has 2 rings (SSSR count). The van der Waals surface area contributed by atoms with Gasteiger partial charge in [-0.05, 0) is 44.1 Å². The van der Waals surface area contributed by atoms with Crippen LogP contribution < -0.4 is 10.6 Å². The molecule has 0 bridgehead atoms. The lowest BCUT2D eigenvalue weighted by atomic mass is 9.80. The van der Waals surface area contributed by atoms with Crippen LogP contribution in [0.2, 0.25) is 0 Å². The van der Waals surface area contributed by atoms with Gasteiger partial charge in [0.1, 0.15) is 0 Å². The fraction of sp³-hybridized carbons (Fsp3) is 0.500. The zero-order valence-corrected chi connectivity index (χ0v) is 11.2. The molecule has 1 saturated heterocycles. The van der Waals surface area contributed by atoms with E-state index in [0.29, 0.717) is 12.8 Å². The van der Waals surface area contributed by atoms with Crippen LogP contribution in [-0.2, 0) is 11.0 Å². The van der Waals surface area contributed by atoms with Crippen LogP contribution in [0, 0.1) is 5.41 Å². The molecular weight excluding hydrogens is 269 g/mol. The molecule has 1 aliphatic heterocycles. The third kappa shape index (κ3) is 3.30. The molecule has 0 spiro atoms. The van der Waals surface area contributed by atoms with Crippen LogP contribution in [0.25, 0.3) is 0 Å². The molecule has 1 aromatic rings. The Hall–Kier alpha value is -1.56. The summed E-state index contributed by atoms with van der Waals surface area (Å²) < 4.78 is 37.8. The van der Waals surface area contributed by atoms with Gasteiger partial charge in [0, 0.05) is 11.1 Å². The summed E-state index contributed by atoms with van der Waals surface area (Å²) in [6.07, 6.45) is -3.05. The van der Waals surface area contributed by atoms with Crippen molar-refractivity contribution < 1.29 is 18.0 Å². The Labute approximate surface area is 115 Å². The Balaban J connectivity index is 2.12. The number of hydrogen-bond acceptors (Lipinski definition) is 2. The highest BCUT2D eigenvalue weighted by molar-refractivity contribution is 5.95. The largest absolute Gasteiger partial charge is 0.416 e. The minimum Gasteiger partial charge on any atom is -0.326 e. The summed E-state index contributed by atoms with van der Waals surface area (Å²) in [6.45, 7) is 3.33. The van der Waals surface area contributed by atoms with Crippen molar-refractivity contribution in [2.45, 2.75) is 25.9 Å². The number of halogens is 3. The van der Waals surface area contributed by atoms with Gasteiger partial charge in [-0.25, -0.2) is 0 Å². The maximum atomic E-state index is 12.6. The zero-order valence-electron chi connectivity index (χ0n) is 11.2. The molecule has 2 N–H and O–H groups in total. The average molecular weight is 286 g/mol. The van der Waals surface area contributed by atoms with Crippen molar-refractivity contribution in [2.24, 2.45) is 5.41 Å². The van der Waals surface area contributed by atoms with Crippen LogP contribution in [0.1, 0.15) is 25.3 Å². The summed E-state index contributed by atoms with van der Waals surface area (Å²) in [7, 11) is 0. The van der Waals surface area contributed by atoms with Gasteiger partial charge in [0.25, 0.3) is 0 Å². The van der Waals surface area contributed by atoms with Crippen molar-refractivity contribution in [1.29, 1.82) is 0 Å². The number of carbonyl (C=O) groups is 1. The van der Waals surface area contributed by atoms with Gasteiger partial charge >= 0.3 is 6.18 Å². The van der Waals surface area contributed by atoms with E-state index in [1.807, 2.05) is 6.92 Å². The number of nitrogens with one attached hydrogen (secondary N) is 2. The first-order valence-electron chi connectivity index (χ1n) is 6.51. The maximum absolute atomic E-state index is 12.6. The summed E-state index contributed by atoms with van der Waals surface area (Å²) in [6, 6.07) is 4.71. The van der Waals surface area contributed by atoms with E-state index in [2.05, 4.69) is 10.6 Å². The summed E-state index contributed by atoms with van der Waals surface area (Å²) >= 11 is 0. The zero-order chi connectivity index (χ0) is 14.8. The topological polar surface area (TPSA) is 41.1 Å². The summed E-state index contributed by atoms with van der Waals surface area (Å²) in [5.74, 6) is -0.224. The average Bonchev–Trinajstić information content (AvgIpc) is 2.39. The lowest BCUT2D eigenvalue weighted by Crippen LogP contribution is -2.42. The van der Waals surface area contributed by atoms with Crippen molar-refractivity contribution in [3.8, 4) is 0 Å². The van der Waals surface area contributed by atoms with Gasteiger partial charge < -0.3 is 10.6 Å². The summed E-state index contributed by atoms with van der Waals surface area (Å²) in [4.78, 5) is 12.2. The number of benzene rings is 1. The molecule has 1 heterocycles. The monoisotopic (exact) mass is 286 g/mol. The molecule has 3 nitrogen and oxygen atoms in total. The number of rotatable bonds is 2. The maximum Gasteiger partial charge on any atom is 0.416 e. The smallest absolute Gasteiger partial charge is 0.326 e. The first-order valence-corrected chi connectivity index (χ1v) is 6.51. The van der Waals surface area contributed by atoms with Crippen LogP contribution in [0.15, 0.2) is 24.3 Å². The molecule has 1 amide bonds. The number of carbonyl (C=O) groups excluding carboxylic acids is 1. The quantitative estimate of drug-likeness (QED) is 0.877. The molecule has 0 aliphatic carbocycles. The molecule has 1 fully saturated rings. The lowest BCUT2D eigenvalue weighted by molar-refractivity contribution is -0.137. The van der Waals surface area contributed by atoms with E-state index < -0.39 is 17.2 Å². The van der Waals surface area contributed by atoms with E-state index in [-0.39, 0.29) is 11.6 Å². The molecule has 6 heteroatoms. The second-order valence-electron chi connectivity index (χ2n) is 5.34. The van der Waals surface area contributed by atoms with E-state index in [1.54, 1.807) is 0 Å². The van der Waals surface area contributed by atoms with Gasteiger partial charge in [-0.15, -0.1) is 0 Å². The van der Waals surface area contributed by atoms with Crippen LogP contribution in [0.5, 0.6) is 0 Å². The standard InChI is InChI=1S/C14H17F3N2O/c1-13(5-7-18-8-6-13)12(20)19-11-4-2-3-10(9-11)14(15,16)17/h2-4,9,18H,5-8H2,1H3,(H,19,20). The van der Waals surface area contributed by atoms with Gasteiger partial charge in [-0.3, -0.25) is 4.79 Å². The van der Waals surface area contributed by atoms with Crippen LogP contribution in [0.3, 0.4) is 0 Å². The molecule has 1 aliphatic rings. The normalized spacial score (nSPS) is 18.6. The van der Waals surface area contributed by atoms with E-state index in [9.17, 15) is 18.0 Å². The lowest BCUT2D eigenvalue weighted by Gasteiger charge is -2.32. The summed E-state index contributed by atoms with van der Waals surface area (Å²) in [5.41, 5.74) is -1.10.